The van der Waals surface area contributed by atoms with E-state index in [9.17, 15) is 5.26 Å². The van der Waals surface area contributed by atoms with Crippen molar-refractivity contribution < 1.29 is 0 Å². The van der Waals surface area contributed by atoms with Crippen molar-refractivity contribution in [2.24, 2.45) is 5.73 Å². The second-order valence-corrected chi connectivity index (χ2v) is 6.43. The highest BCUT2D eigenvalue weighted by Gasteiger charge is 2.24. The Bertz CT molecular complexity index is 630. The van der Waals surface area contributed by atoms with Gasteiger partial charge in [-0.05, 0) is 31.2 Å². The van der Waals surface area contributed by atoms with Gasteiger partial charge in [-0.2, -0.15) is 5.26 Å². The van der Waals surface area contributed by atoms with Gasteiger partial charge >= 0.3 is 0 Å². The number of rotatable bonds is 4. The zero-order valence-corrected chi connectivity index (χ0v) is 12.9. The molecular weight excluding hydrogens is 290 g/mol. The van der Waals surface area contributed by atoms with Crippen LogP contribution in [0.1, 0.15) is 23.4 Å². The van der Waals surface area contributed by atoms with Crippen molar-refractivity contribution in [3.05, 3.63) is 51.2 Å². The van der Waals surface area contributed by atoms with Gasteiger partial charge in [0.2, 0.25) is 0 Å². The number of nitrogens with two attached hydrogens (primary N) is 1. The molecule has 2 atom stereocenters. The first-order chi connectivity index (χ1) is 9.54. The molecule has 104 valence electrons. The summed E-state index contributed by atoms with van der Waals surface area (Å²) in [5.41, 5.74) is 7.67. The van der Waals surface area contributed by atoms with Crippen molar-refractivity contribution in [2.75, 3.05) is 11.9 Å². The molecule has 0 spiro atoms. The number of halogens is 1. The van der Waals surface area contributed by atoms with Crippen LogP contribution >= 0.6 is 22.9 Å². The number of benzene rings is 1. The lowest BCUT2D eigenvalue weighted by Gasteiger charge is -2.32. The smallest absolute Gasteiger partial charge is 0.101 e. The lowest BCUT2D eigenvalue weighted by Crippen LogP contribution is -2.37. The van der Waals surface area contributed by atoms with Crippen LogP contribution in [0.3, 0.4) is 0 Å². The minimum Gasteiger partial charge on any atom is -0.364 e. The Morgan fingerprint density at radius 3 is 2.55 bits per heavy atom. The summed E-state index contributed by atoms with van der Waals surface area (Å²) < 4.78 is 0.743. The molecule has 0 aliphatic carbocycles. The largest absolute Gasteiger partial charge is 0.364 e. The third kappa shape index (κ3) is 2.96. The molecule has 0 aliphatic heterocycles. The molecule has 2 rings (SSSR count). The minimum absolute atomic E-state index is 0.0120. The number of likely N-dealkylation sites (N-methyl/N-ethyl adjacent to an activating group) is 1. The van der Waals surface area contributed by atoms with Crippen molar-refractivity contribution in [3.63, 3.8) is 0 Å². The SMILES string of the molecule is CC(N)C(c1ccc(Cl)s1)N(C)c1ccccc1C#N. The summed E-state index contributed by atoms with van der Waals surface area (Å²) in [6.07, 6.45) is 0. The van der Waals surface area contributed by atoms with Gasteiger partial charge in [-0.15, -0.1) is 11.3 Å². The summed E-state index contributed by atoms with van der Waals surface area (Å²) in [4.78, 5) is 3.14. The van der Waals surface area contributed by atoms with E-state index in [1.165, 1.54) is 11.3 Å². The third-order valence-electron chi connectivity index (χ3n) is 3.21. The van der Waals surface area contributed by atoms with Gasteiger partial charge in [0.1, 0.15) is 6.07 Å². The molecule has 0 saturated carbocycles. The van der Waals surface area contributed by atoms with E-state index in [0.29, 0.717) is 5.56 Å². The Morgan fingerprint density at radius 2 is 2.00 bits per heavy atom. The molecule has 0 fully saturated rings. The number of anilines is 1. The highest BCUT2D eigenvalue weighted by atomic mass is 35.5. The summed E-state index contributed by atoms with van der Waals surface area (Å²) in [6.45, 7) is 1.96. The van der Waals surface area contributed by atoms with Crippen LogP contribution in [0, 0.1) is 11.3 Å². The fraction of sp³-hybridized carbons (Fsp3) is 0.267. The Morgan fingerprint density at radius 1 is 1.30 bits per heavy atom. The number of para-hydroxylation sites is 1. The summed E-state index contributed by atoms with van der Waals surface area (Å²) in [5, 5.41) is 9.24. The summed E-state index contributed by atoms with van der Waals surface area (Å²) in [6, 6.07) is 13.5. The van der Waals surface area contributed by atoms with Gasteiger partial charge in [0.05, 0.1) is 21.6 Å². The maximum Gasteiger partial charge on any atom is 0.101 e. The lowest BCUT2D eigenvalue weighted by molar-refractivity contribution is 0.566. The molecule has 2 N–H and O–H groups in total. The van der Waals surface area contributed by atoms with Gasteiger partial charge in [0.25, 0.3) is 0 Å². The summed E-state index contributed by atoms with van der Waals surface area (Å²) >= 11 is 7.55. The van der Waals surface area contributed by atoms with Crippen molar-refractivity contribution >= 4 is 28.6 Å². The number of nitrogens with zero attached hydrogens (tertiary/aromatic N) is 2. The maximum atomic E-state index is 9.24. The molecular formula is C15H16ClN3S. The van der Waals surface area contributed by atoms with E-state index in [4.69, 9.17) is 17.3 Å². The molecule has 1 heterocycles. The quantitative estimate of drug-likeness (QED) is 0.935. The summed E-state index contributed by atoms with van der Waals surface area (Å²) in [7, 11) is 1.96. The van der Waals surface area contributed by atoms with Crippen LogP contribution in [0.2, 0.25) is 4.34 Å². The van der Waals surface area contributed by atoms with E-state index in [1.807, 2.05) is 55.3 Å². The zero-order valence-electron chi connectivity index (χ0n) is 11.4. The van der Waals surface area contributed by atoms with Crippen molar-refractivity contribution in [2.45, 2.75) is 19.0 Å². The average molecular weight is 306 g/mol. The molecule has 0 bridgehead atoms. The Balaban J connectivity index is 2.42. The predicted molar refractivity (Wildman–Crippen MR) is 85.3 cm³/mol. The van der Waals surface area contributed by atoms with Crippen LogP contribution in [0.25, 0.3) is 0 Å². The number of nitriles is 1. The van der Waals surface area contributed by atoms with Gasteiger partial charge in [-0.25, -0.2) is 0 Å². The minimum atomic E-state index is -0.0820. The van der Waals surface area contributed by atoms with E-state index in [2.05, 4.69) is 6.07 Å². The van der Waals surface area contributed by atoms with Gasteiger partial charge in [-0.1, -0.05) is 23.7 Å². The molecule has 2 unspecified atom stereocenters. The molecule has 20 heavy (non-hydrogen) atoms. The second-order valence-electron chi connectivity index (χ2n) is 4.69. The molecule has 0 saturated heterocycles. The van der Waals surface area contributed by atoms with Crippen molar-refractivity contribution in [1.82, 2.24) is 0 Å². The molecule has 1 aromatic heterocycles. The Hall–Kier alpha value is -1.54. The molecule has 0 amide bonds. The predicted octanol–water partition coefficient (Wildman–Crippen LogP) is 3.80. The van der Waals surface area contributed by atoms with Crippen LogP contribution in [0.15, 0.2) is 36.4 Å². The first kappa shape index (κ1) is 14.9. The zero-order chi connectivity index (χ0) is 14.7. The lowest BCUT2D eigenvalue weighted by atomic mass is 10.1. The highest BCUT2D eigenvalue weighted by molar-refractivity contribution is 7.16. The van der Waals surface area contributed by atoms with E-state index in [0.717, 1.165) is 14.9 Å². The Kier molecular flexibility index (Phi) is 4.66. The van der Waals surface area contributed by atoms with Crippen molar-refractivity contribution in [3.8, 4) is 6.07 Å². The molecule has 0 aliphatic rings. The number of hydrogen-bond donors (Lipinski definition) is 1. The van der Waals surface area contributed by atoms with Gasteiger partial charge in [0, 0.05) is 18.0 Å². The molecule has 2 aromatic rings. The van der Waals surface area contributed by atoms with Crippen LogP contribution in [-0.2, 0) is 0 Å². The highest BCUT2D eigenvalue weighted by Crippen LogP contribution is 2.35. The monoisotopic (exact) mass is 305 g/mol. The van der Waals surface area contributed by atoms with Crippen LogP contribution in [0.5, 0.6) is 0 Å². The van der Waals surface area contributed by atoms with Crippen LogP contribution in [0.4, 0.5) is 5.69 Å². The fourth-order valence-corrected chi connectivity index (χ4v) is 3.64. The molecule has 0 radical (unpaired) electrons. The normalized spacial score (nSPS) is 13.6. The number of thiophene rings is 1. The van der Waals surface area contributed by atoms with E-state index in [1.54, 1.807) is 0 Å². The van der Waals surface area contributed by atoms with Crippen molar-refractivity contribution in [1.29, 1.82) is 5.26 Å². The summed E-state index contributed by atoms with van der Waals surface area (Å²) in [5.74, 6) is 0. The third-order valence-corrected chi connectivity index (χ3v) is 4.51. The molecule has 3 nitrogen and oxygen atoms in total. The number of hydrogen-bond acceptors (Lipinski definition) is 4. The van der Waals surface area contributed by atoms with Gasteiger partial charge in [-0.3, -0.25) is 0 Å². The van der Waals surface area contributed by atoms with Crippen LogP contribution in [-0.4, -0.2) is 13.1 Å². The van der Waals surface area contributed by atoms with Gasteiger partial charge < -0.3 is 10.6 Å². The fourth-order valence-electron chi connectivity index (χ4n) is 2.32. The van der Waals surface area contributed by atoms with E-state index in [-0.39, 0.29) is 12.1 Å². The van der Waals surface area contributed by atoms with E-state index >= 15 is 0 Å². The first-order valence-electron chi connectivity index (χ1n) is 6.27. The van der Waals surface area contributed by atoms with Crippen LogP contribution < -0.4 is 10.6 Å². The van der Waals surface area contributed by atoms with E-state index < -0.39 is 0 Å². The maximum absolute atomic E-state index is 9.24. The first-order valence-corrected chi connectivity index (χ1v) is 7.47. The second kappa shape index (κ2) is 6.27. The standard InChI is InChI=1S/C15H16ClN3S/c1-10(18)15(13-7-8-14(16)20-13)19(2)12-6-4-3-5-11(12)9-17/h3-8,10,15H,18H2,1-2H3. The molecule has 5 heteroatoms. The topological polar surface area (TPSA) is 53.0 Å². The molecule has 1 aromatic carbocycles. The Labute approximate surface area is 128 Å². The average Bonchev–Trinajstić information content (AvgIpc) is 2.84. The van der Waals surface area contributed by atoms with Gasteiger partial charge in [0.15, 0.2) is 0 Å².